The number of carbonyl (C=O) groups excluding carboxylic acids is 1. The lowest BCUT2D eigenvalue weighted by molar-refractivity contribution is -0.129. The number of aromatic amines is 1. The van der Waals surface area contributed by atoms with Gasteiger partial charge < -0.3 is 9.64 Å². The van der Waals surface area contributed by atoms with E-state index in [2.05, 4.69) is 30.6 Å². The van der Waals surface area contributed by atoms with Gasteiger partial charge in [-0.25, -0.2) is 0 Å². The van der Waals surface area contributed by atoms with E-state index in [0.29, 0.717) is 6.61 Å². The average molecular weight is 329 g/mol. The van der Waals surface area contributed by atoms with Gasteiger partial charge in [0, 0.05) is 41.6 Å². The van der Waals surface area contributed by atoms with Crippen LogP contribution in [0.2, 0.25) is 0 Å². The van der Waals surface area contributed by atoms with E-state index in [1.165, 1.54) is 0 Å². The summed E-state index contributed by atoms with van der Waals surface area (Å²) in [5.74, 6) is 0.874. The molecule has 5 heteroatoms. The molecule has 130 valence electrons. The molecule has 2 heterocycles. The molecule has 0 unspecified atom stereocenters. The molecule has 2 rings (SSSR count). The molecule has 5 nitrogen and oxygen atoms in total. The molecule has 0 fully saturated rings. The number of allylic oxidation sites excluding steroid dienone is 4. The molecule has 1 amide bonds. The van der Waals surface area contributed by atoms with Crippen molar-refractivity contribution in [2.75, 3.05) is 6.61 Å². The third-order valence-corrected chi connectivity index (χ3v) is 4.37. The molecule has 1 N–H and O–H groups in total. The van der Waals surface area contributed by atoms with Crippen LogP contribution >= 0.6 is 0 Å². The fourth-order valence-electron chi connectivity index (χ4n) is 3.23. The summed E-state index contributed by atoms with van der Waals surface area (Å²) in [5.41, 5.74) is 3.89. The van der Waals surface area contributed by atoms with Crippen LogP contribution < -0.4 is 0 Å². The largest absolute Gasteiger partial charge is 0.493 e. The number of carbonyl (C=O) groups is 1. The maximum atomic E-state index is 12.1. The fraction of sp³-hybridized carbons (Fsp3) is 0.474. The first-order chi connectivity index (χ1) is 11.5. The van der Waals surface area contributed by atoms with Crippen molar-refractivity contribution < 1.29 is 9.53 Å². The number of ether oxygens (including phenoxy) is 1. The van der Waals surface area contributed by atoms with Crippen molar-refractivity contribution in [2.24, 2.45) is 0 Å². The van der Waals surface area contributed by atoms with Crippen molar-refractivity contribution in [1.82, 2.24) is 15.1 Å². The van der Waals surface area contributed by atoms with Crippen LogP contribution in [0, 0.1) is 0 Å². The molecule has 0 saturated heterocycles. The highest BCUT2D eigenvalue weighted by molar-refractivity contribution is 5.79. The van der Waals surface area contributed by atoms with Crippen LogP contribution in [0.1, 0.15) is 52.5 Å². The molecule has 1 aliphatic rings. The number of nitrogens with zero attached hydrogens (tertiary/aromatic N) is 2. The maximum absolute atomic E-state index is 12.1. The van der Waals surface area contributed by atoms with Crippen LogP contribution in [0.15, 0.2) is 42.1 Å². The van der Waals surface area contributed by atoms with Crippen LogP contribution in [0.4, 0.5) is 0 Å². The second-order valence-corrected chi connectivity index (χ2v) is 6.12. The number of rotatable bonds is 6. The summed E-state index contributed by atoms with van der Waals surface area (Å²) in [4.78, 5) is 13.9. The van der Waals surface area contributed by atoms with Gasteiger partial charge in [-0.2, -0.15) is 5.10 Å². The Morgan fingerprint density at radius 3 is 2.88 bits per heavy atom. The standard InChI is InChI=1S/C19H27N3O2/c1-6-10-24-19(17(7-2)16-11-20-21-12-16)18-9-8-13(3)22(14(18)4)15(5)23/h7,11-13H,2,6,8-10H2,1,3-5H3,(H,20,21)/b19-17-/t13-/m0/s1. The van der Waals surface area contributed by atoms with Gasteiger partial charge in [-0.3, -0.25) is 9.89 Å². The Balaban J connectivity index is 2.59. The lowest BCUT2D eigenvalue weighted by Gasteiger charge is -2.36. The molecule has 1 atom stereocenters. The molecule has 1 aromatic rings. The van der Waals surface area contributed by atoms with E-state index in [0.717, 1.165) is 47.4 Å². The van der Waals surface area contributed by atoms with Crippen LogP contribution in [0.25, 0.3) is 5.57 Å². The number of amides is 1. The predicted octanol–water partition coefficient (Wildman–Crippen LogP) is 4.04. The third-order valence-electron chi connectivity index (χ3n) is 4.37. The smallest absolute Gasteiger partial charge is 0.223 e. The minimum Gasteiger partial charge on any atom is -0.493 e. The summed E-state index contributed by atoms with van der Waals surface area (Å²) in [6.07, 6.45) is 8.10. The lowest BCUT2D eigenvalue weighted by Crippen LogP contribution is -2.39. The number of nitrogens with one attached hydrogen (secondary N) is 1. The summed E-state index contributed by atoms with van der Waals surface area (Å²) >= 11 is 0. The van der Waals surface area contributed by atoms with Gasteiger partial charge in [0.2, 0.25) is 5.91 Å². The molecular formula is C19H27N3O2. The lowest BCUT2D eigenvalue weighted by atomic mass is 9.92. The van der Waals surface area contributed by atoms with E-state index < -0.39 is 0 Å². The third kappa shape index (κ3) is 3.61. The van der Waals surface area contributed by atoms with Crippen molar-refractivity contribution in [3.63, 3.8) is 0 Å². The van der Waals surface area contributed by atoms with Gasteiger partial charge in [0.25, 0.3) is 0 Å². The molecule has 0 spiro atoms. The molecular weight excluding hydrogens is 302 g/mol. The normalized spacial score (nSPS) is 19.2. The number of aromatic nitrogens is 2. The topological polar surface area (TPSA) is 58.2 Å². The quantitative estimate of drug-likeness (QED) is 0.633. The summed E-state index contributed by atoms with van der Waals surface area (Å²) in [6, 6.07) is 0.208. The zero-order valence-electron chi connectivity index (χ0n) is 15.1. The summed E-state index contributed by atoms with van der Waals surface area (Å²) < 4.78 is 6.11. The van der Waals surface area contributed by atoms with Gasteiger partial charge >= 0.3 is 0 Å². The molecule has 1 aliphatic heterocycles. The van der Waals surface area contributed by atoms with Gasteiger partial charge in [-0.1, -0.05) is 19.6 Å². The van der Waals surface area contributed by atoms with Crippen LogP contribution in [0.5, 0.6) is 0 Å². The number of H-pyrrole nitrogens is 1. The highest BCUT2D eigenvalue weighted by Crippen LogP contribution is 2.35. The molecule has 24 heavy (non-hydrogen) atoms. The minimum atomic E-state index is 0.0653. The molecule has 0 aliphatic carbocycles. The second-order valence-electron chi connectivity index (χ2n) is 6.12. The average Bonchev–Trinajstić information content (AvgIpc) is 3.06. The second kappa shape index (κ2) is 7.99. The van der Waals surface area contributed by atoms with E-state index in [9.17, 15) is 4.79 Å². The van der Waals surface area contributed by atoms with E-state index in [1.807, 2.05) is 18.0 Å². The van der Waals surface area contributed by atoms with E-state index >= 15 is 0 Å². The Bertz CT molecular complexity index is 656. The zero-order chi connectivity index (χ0) is 17.7. The molecule has 0 aromatic carbocycles. The van der Waals surface area contributed by atoms with Gasteiger partial charge in [0.15, 0.2) is 0 Å². The first-order valence-electron chi connectivity index (χ1n) is 8.49. The van der Waals surface area contributed by atoms with E-state index in [1.54, 1.807) is 19.2 Å². The molecule has 0 saturated carbocycles. The monoisotopic (exact) mass is 329 g/mol. The maximum Gasteiger partial charge on any atom is 0.223 e. The molecule has 0 bridgehead atoms. The highest BCUT2D eigenvalue weighted by Gasteiger charge is 2.29. The minimum absolute atomic E-state index is 0.0653. The van der Waals surface area contributed by atoms with Gasteiger partial charge in [0.05, 0.1) is 12.8 Å². The highest BCUT2D eigenvalue weighted by atomic mass is 16.5. The Morgan fingerprint density at radius 2 is 2.33 bits per heavy atom. The van der Waals surface area contributed by atoms with Crippen molar-refractivity contribution in [3.05, 3.63) is 47.6 Å². The Labute approximate surface area is 144 Å². The first-order valence-corrected chi connectivity index (χ1v) is 8.49. The summed E-state index contributed by atoms with van der Waals surface area (Å²) in [6.45, 7) is 12.4. The van der Waals surface area contributed by atoms with Gasteiger partial charge in [0.1, 0.15) is 5.76 Å². The Hall–Kier alpha value is -2.30. The van der Waals surface area contributed by atoms with Crippen molar-refractivity contribution in [2.45, 2.75) is 53.0 Å². The number of hydrogen-bond acceptors (Lipinski definition) is 3. The van der Waals surface area contributed by atoms with Gasteiger partial charge in [-0.05, 0) is 33.1 Å². The number of hydrogen-bond donors (Lipinski definition) is 1. The van der Waals surface area contributed by atoms with Crippen LogP contribution in [-0.4, -0.2) is 33.7 Å². The molecule has 0 radical (unpaired) electrons. The van der Waals surface area contributed by atoms with E-state index in [-0.39, 0.29) is 11.9 Å². The summed E-state index contributed by atoms with van der Waals surface area (Å²) in [5, 5.41) is 6.87. The van der Waals surface area contributed by atoms with Crippen molar-refractivity contribution >= 4 is 11.5 Å². The van der Waals surface area contributed by atoms with Crippen molar-refractivity contribution in [3.8, 4) is 0 Å². The fourth-order valence-corrected chi connectivity index (χ4v) is 3.23. The Morgan fingerprint density at radius 1 is 1.58 bits per heavy atom. The van der Waals surface area contributed by atoms with Crippen LogP contribution in [0.3, 0.4) is 0 Å². The first kappa shape index (κ1) is 18.0. The van der Waals surface area contributed by atoms with Gasteiger partial charge in [-0.15, -0.1) is 0 Å². The SMILES string of the molecule is C=C/C(=C(/OCCC)C1=C(C)N(C(C)=O)[C@@H](C)CC1)c1cn[nH]c1. The summed E-state index contributed by atoms with van der Waals surface area (Å²) in [7, 11) is 0. The van der Waals surface area contributed by atoms with Crippen molar-refractivity contribution in [1.29, 1.82) is 0 Å². The van der Waals surface area contributed by atoms with Crippen LogP contribution in [-0.2, 0) is 9.53 Å². The Kier molecular flexibility index (Phi) is 6.01. The zero-order valence-corrected chi connectivity index (χ0v) is 15.1. The molecule has 1 aromatic heterocycles. The van der Waals surface area contributed by atoms with E-state index in [4.69, 9.17) is 4.74 Å². The predicted molar refractivity (Wildman–Crippen MR) is 95.9 cm³/mol.